The summed E-state index contributed by atoms with van der Waals surface area (Å²) in [5.74, 6) is 0.414. The third kappa shape index (κ3) is 2.51. The van der Waals surface area contributed by atoms with Crippen LogP contribution in [0.3, 0.4) is 0 Å². The molecule has 2 aromatic carbocycles. The predicted molar refractivity (Wildman–Crippen MR) is 101 cm³/mol. The van der Waals surface area contributed by atoms with Gasteiger partial charge in [-0.25, -0.2) is 4.98 Å². The number of benzene rings is 2. The zero-order valence-electron chi connectivity index (χ0n) is 15.7. The van der Waals surface area contributed by atoms with Gasteiger partial charge in [0.25, 0.3) is 0 Å². The molecule has 1 fully saturated rings. The first-order valence-electron chi connectivity index (χ1n) is 9.21. The fourth-order valence-corrected chi connectivity index (χ4v) is 3.99. The van der Waals surface area contributed by atoms with Crippen molar-refractivity contribution in [2.24, 2.45) is 0 Å². The molecule has 1 aliphatic carbocycles. The van der Waals surface area contributed by atoms with E-state index in [1.54, 1.807) is 30.3 Å². The molecule has 0 atom stereocenters. The van der Waals surface area contributed by atoms with Crippen molar-refractivity contribution in [3.8, 4) is 0 Å². The number of aromatic nitrogens is 2. The molecule has 1 N–H and O–H groups in total. The molecule has 0 amide bonds. The lowest BCUT2D eigenvalue weighted by Crippen LogP contribution is -2.48. The van der Waals surface area contributed by atoms with Crippen LogP contribution in [0.25, 0.3) is 11.0 Å². The van der Waals surface area contributed by atoms with Gasteiger partial charge in [0.2, 0.25) is 0 Å². The summed E-state index contributed by atoms with van der Waals surface area (Å²) >= 11 is 0. The Hall–Kier alpha value is -2.87. The number of hydrogen-bond donors (Lipinski definition) is 1. The van der Waals surface area contributed by atoms with Crippen LogP contribution in [0.15, 0.2) is 36.4 Å². The van der Waals surface area contributed by atoms with Crippen LogP contribution in [0.5, 0.6) is 0 Å². The summed E-state index contributed by atoms with van der Waals surface area (Å²) in [5, 5.41) is 0. The number of quaternary nitrogens is 1. The highest BCUT2D eigenvalue weighted by Crippen LogP contribution is 2.32. The number of rotatable bonds is 3. The van der Waals surface area contributed by atoms with Gasteiger partial charge >= 0.3 is 6.41 Å². The first-order valence-corrected chi connectivity index (χ1v) is 9.21. The number of aromatic amines is 1. The molecule has 3 aromatic rings. The standard InChI is InChI=1S/C21H19N3O4/c1-24(2,21-27-9-10-28-21)11-16-22-15-8-7-14-17(18(15)23-16)20(26)13-6-4-3-5-12(13)19(14)25/h3-8,21H,9-11H2,1-2H3/p+1. The molecule has 0 spiro atoms. The van der Waals surface area contributed by atoms with Crippen molar-refractivity contribution in [2.75, 3.05) is 27.3 Å². The number of hydrogen-bond acceptors (Lipinski definition) is 5. The summed E-state index contributed by atoms with van der Waals surface area (Å²) in [6.07, 6.45) is -0.350. The minimum Gasteiger partial charge on any atom is -0.337 e. The van der Waals surface area contributed by atoms with Crippen molar-refractivity contribution in [3.05, 3.63) is 64.5 Å². The number of carbonyl (C=O) groups is 2. The smallest absolute Gasteiger partial charge is 0.309 e. The molecule has 1 aromatic heterocycles. The van der Waals surface area contributed by atoms with E-state index in [0.29, 0.717) is 57.8 Å². The second-order valence-electron chi connectivity index (χ2n) is 7.76. The highest BCUT2D eigenvalue weighted by Gasteiger charge is 2.36. The van der Waals surface area contributed by atoms with Crippen LogP contribution in [0.2, 0.25) is 0 Å². The predicted octanol–water partition coefficient (Wildman–Crippen LogP) is 2.25. The second kappa shape index (κ2) is 6.07. The number of H-pyrrole nitrogens is 1. The van der Waals surface area contributed by atoms with Crippen LogP contribution >= 0.6 is 0 Å². The number of carbonyl (C=O) groups excluding carboxylic acids is 2. The summed E-state index contributed by atoms with van der Waals surface area (Å²) in [5.41, 5.74) is 2.94. The third-order valence-corrected chi connectivity index (χ3v) is 5.32. The van der Waals surface area contributed by atoms with E-state index in [1.165, 1.54) is 0 Å². The Bertz CT molecular complexity index is 1130. The van der Waals surface area contributed by atoms with E-state index >= 15 is 0 Å². The number of fused-ring (bicyclic) bond motifs is 4. The van der Waals surface area contributed by atoms with Crippen LogP contribution < -0.4 is 0 Å². The van der Waals surface area contributed by atoms with Gasteiger partial charge in [-0.05, 0) is 12.1 Å². The van der Waals surface area contributed by atoms with Gasteiger partial charge in [-0.15, -0.1) is 0 Å². The molecular formula is C21H20N3O4+. The summed E-state index contributed by atoms with van der Waals surface area (Å²) in [6.45, 7) is 1.69. The van der Waals surface area contributed by atoms with Crippen LogP contribution in [0.4, 0.5) is 0 Å². The maximum absolute atomic E-state index is 13.1. The van der Waals surface area contributed by atoms with Crippen molar-refractivity contribution >= 4 is 22.6 Å². The largest absolute Gasteiger partial charge is 0.337 e. The molecule has 2 heterocycles. The van der Waals surface area contributed by atoms with E-state index in [2.05, 4.69) is 9.97 Å². The molecule has 7 heteroatoms. The number of imidazole rings is 1. The average Bonchev–Trinajstić information content (AvgIpc) is 3.35. The van der Waals surface area contributed by atoms with Crippen LogP contribution in [-0.2, 0) is 16.0 Å². The summed E-state index contributed by atoms with van der Waals surface area (Å²) in [7, 11) is 4.01. The molecule has 2 aliphatic rings. The molecule has 0 radical (unpaired) electrons. The topological polar surface area (TPSA) is 81.3 Å². The number of nitrogens with one attached hydrogen (secondary N) is 1. The van der Waals surface area contributed by atoms with Crippen molar-refractivity contribution in [3.63, 3.8) is 0 Å². The quantitative estimate of drug-likeness (QED) is 0.553. The second-order valence-corrected chi connectivity index (χ2v) is 7.76. The fraction of sp³-hybridized carbons (Fsp3) is 0.286. The molecule has 0 bridgehead atoms. The molecular weight excluding hydrogens is 358 g/mol. The first kappa shape index (κ1) is 17.2. The van der Waals surface area contributed by atoms with Gasteiger partial charge in [0.15, 0.2) is 17.4 Å². The highest BCUT2D eigenvalue weighted by molar-refractivity contribution is 6.31. The van der Waals surface area contributed by atoms with E-state index in [9.17, 15) is 9.59 Å². The Balaban J connectivity index is 1.59. The Morgan fingerprint density at radius 1 is 1.00 bits per heavy atom. The van der Waals surface area contributed by atoms with Crippen LogP contribution in [0.1, 0.15) is 37.7 Å². The molecule has 1 aliphatic heterocycles. The molecule has 0 saturated carbocycles. The van der Waals surface area contributed by atoms with Gasteiger partial charge in [-0.1, -0.05) is 24.3 Å². The Labute approximate surface area is 161 Å². The summed E-state index contributed by atoms with van der Waals surface area (Å²) in [6, 6.07) is 10.4. The normalized spacial score (nSPS) is 17.2. The number of ketones is 2. The van der Waals surface area contributed by atoms with Crippen molar-refractivity contribution in [1.82, 2.24) is 9.97 Å². The van der Waals surface area contributed by atoms with Gasteiger partial charge in [0, 0.05) is 16.7 Å². The molecule has 28 heavy (non-hydrogen) atoms. The maximum Gasteiger partial charge on any atom is 0.309 e. The van der Waals surface area contributed by atoms with Gasteiger partial charge in [0.1, 0.15) is 12.1 Å². The Morgan fingerprint density at radius 2 is 1.68 bits per heavy atom. The summed E-state index contributed by atoms with van der Waals surface area (Å²) in [4.78, 5) is 34.0. The molecule has 0 unspecified atom stereocenters. The van der Waals surface area contributed by atoms with E-state index < -0.39 is 0 Å². The molecule has 5 rings (SSSR count). The van der Waals surface area contributed by atoms with Gasteiger partial charge in [-0.2, -0.15) is 0 Å². The zero-order chi connectivity index (χ0) is 19.5. The van der Waals surface area contributed by atoms with Crippen LogP contribution in [-0.4, -0.2) is 59.7 Å². The van der Waals surface area contributed by atoms with E-state index in [0.717, 1.165) is 5.52 Å². The van der Waals surface area contributed by atoms with Gasteiger partial charge in [-0.3, -0.25) is 14.1 Å². The SMILES string of the molecule is C[N+](C)(Cc1nc2c3c(ccc2[nH]1)C(=O)c1ccccc1C3=O)C1OCCO1. The lowest BCUT2D eigenvalue weighted by Gasteiger charge is -2.32. The van der Waals surface area contributed by atoms with Crippen molar-refractivity contribution in [1.29, 1.82) is 0 Å². The van der Waals surface area contributed by atoms with Gasteiger partial charge < -0.3 is 14.5 Å². The Kier molecular flexibility index (Phi) is 3.74. The highest BCUT2D eigenvalue weighted by atomic mass is 16.7. The third-order valence-electron chi connectivity index (χ3n) is 5.32. The minimum absolute atomic E-state index is 0.138. The first-order chi connectivity index (χ1) is 13.5. The lowest BCUT2D eigenvalue weighted by molar-refractivity contribution is -0.969. The molecule has 7 nitrogen and oxygen atoms in total. The number of nitrogens with zero attached hydrogens (tertiary/aromatic N) is 2. The van der Waals surface area contributed by atoms with Gasteiger partial charge in [0.05, 0.1) is 38.4 Å². The summed E-state index contributed by atoms with van der Waals surface area (Å²) < 4.78 is 11.7. The average molecular weight is 378 g/mol. The van der Waals surface area contributed by atoms with Crippen molar-refractivity contribution in [2.45, 2.75) is 13.0 Å². The van der Waals surface area contributed by atoms with Crippen molar-refractivity contribution < 1.29 is 23.5 Å². The van der Waals surface area contributed by atoms with E-state index in [4.69, 9.17) is 9.47 Å². The number of ether oxygens (including phenoxy) is 2. The molecule has 142 valence electrons. The maximum atomic E-state index is 13.1. The van der Waals surface area contributed by atoms with E-state index in [1.807, 2.05) is 20.2 Å². The van der Waals surface area contributed by atoms with Crippen LogP contribution in [0, 0.1) is 0 Å². The van der Waals surface area contributed by atoms with E-state index in [-0.39, 0.29) is 18.0 Å². The minimum atomic E-state index is -0.350. The monoisotopic (exact) mass is 378 g/mol. The Morgan fingerprint density at radius 3 is 2.39 bits per heavy atom. The zero-order valence-corrected chi connectivity index (χ0v) is 15.7. The molecule has 1 saturated heterocycles. The lowest BCUT2D eigenvalue weighted by atomic mass is 9.83. The fourth-order valence-electron chi connectivity index (χ4n) is 3.99.